The van der Waals surface area contributed by atoms with Crippen LogP contribution in [0.4, 0.5) is 0 Å². The third-order valence-electron chi connectivity index (χ3n) is 4.92. The van der Waals surface area contributed by atoms with E-state index in [0.29, 0.717) is 19.6 Å². The maximum atomic E-state index is 12.0. The minimum Gasteiger partial charge on any atom is -0.465 e. The van der Waals surface area contributed by atoms with Crippen molar-refractivity contribution < 1.29 is 19.1 Å². The normalized spacial score (nSPS) is 16.0. The summed E-state index contributed by atoms with van der Waals surface area (Å²) in [5.74, 6) is -1.60. The zero-order valence-corrected chi connectivity index (χ0v) is 15.7. The molecule has 22 heavy (non-hydrogen) atoms. The van der Waals surface area contributed by atoms with E-state index in [2.05, 4.69) is 13.1 Å². The van der Waals surface area contributed by atoms with E-state index in [1.807, 2.05) is 0 Å². The lowest BCUT2D eigenvalue weighted by atomic mass is 10.0. The molecule has 0 N–H and O–H groups in total. The van der Waals surface area contributed by atoms with Gasteiger partial charge in [0, 0.05) is 0 Å². The van der Waals surface area contributed by atoms with Gasteiger partial charge in [-0.1, -0.05) is 51.2 Å². The first-order chi connectivity index (χ1) is 10.4. The van der Waals surface area contributed by atoms with Crippen LogP contribution in [0.3, 0.4) is 0 Å². The molecule has 1 aliphatic rings. The number of ether oxygens (including phenoxy) is 2. The zero-order valence-electron chi connectivity index (χ0n) is 14.7. The largest absolute Gasteiger partial charge is 0.465 e. The monoisotopic (exact) mass is 328 g/mol. The van der Waals surface area contributed by atoms with Gasteiger partial charge in [-0.15, -0.1) is 0 Å². The van der Waals surface area contributed by atoms with Gasteiger partial charge in [-0.25, -0.2) is 0 Å². The summed E-state index contributed by atoms with van der Waals surface area (Å²) in [7, 11) is -1.25. The van der Waals surface area contributed by atoms with Gasteiger partial charge in [-0.2, -0.15) is 0 Å². The van der Waals surface area contributed by atoms with E-state index in [4.69, 9.17) is 9.47 Å². The summed E-state index contributed by atoms with van der Waals surface area (Å²) in [5, 5.41) is 0. The third-order valence-corrected chi connectivity index (χ3v) is 9.35. The van der Waals surface area contributed by atoms with Crippen molar-refractivity contribution in [1.82, 2.24) is 0 Å². The predicted octanol–water partition coefficient (Wildman–Crippen LogP) is 4.16. The molecule has 0 aliphatic heterocycles. The van der Waals surface area contributed by atoms with E-state index in [1.54, 1.807) is 13.8 Å². The molecule has 0 aromatic rings. The number of esters is 2. The third kappa shape index (κ3) is 5.74. The van der Waals surface area contributed by atoms with Crippen molar-refractivity contribution in [2.24, 2.45) is 5.92 Å². The summed E-state index contributed by atoms with van der Waals surface area (Å²) in [6.45, 7) is 9.03. The van der Waals surface area contributed by atoms with Crippen LogP contribution < -0.4 is 0 Å². The molecule has 1 saturated carbocycles. The molecule has 0 spiro atoms. The molecule has 0 amide bonds. The van der Waals surface area contributed by atoms with Crippen molar-refractivity contribution in [3.05, 3.63) is 0 Å². The van der Waals surface area contributed by atoms with Crippen LogP contribution in [0, 0.1) is 5.92 Å². The maximum absolute atomic E-state index is 12.0. The minimum absolute atomic E-state index is 0.303. The Labute approximate surface area is 136 Å². The topological polar surface area (TPSA) is 52.6 Å². The minimum atomic E-state index is -1.25. The van der Waals surface area contributed by atoms with Gasteiger partial charge in [0.05, 0.1) is 21.3 Å². The van der Waals surface area contributed by atoms with Gasteiger partial charge in [-0.05, 0) is 25.8 Å². The Morgan fingerprint density at radius 2 is 1.55 bits per heavy atom. The molecule has 0 radical (unpaired) electrons. The first-order valence-electron chi connectivity index (χ1n) is 8.75. The molecule has 1 fully saturated rings. The van der Waals surface area contributed by atoms with Crippen LogP contribution in [0.15, 0.2) is 0 Å². The Morgan fingerprint density at radius 3 is 2.00 bits per heavy atom. The molecule has 4 nitrogen and oxygen atoms in total. The highest BCUT2D eigenvalue weighted by molar-refractivity contribution is 6.78. The molecule has 0 atom stereocenters. The van der Waals surface area contributed by atoms with Crippen LogP contribution in [-0.2, 0) is 19.1 Å². The lowest BCUT2D eigenvalue weighted by molar-refractivity contribution is -0.161. The van der Waals surface area contributed by atoms with Crippen molar-refractivity contribution in [2.75, 3.05) is 13.2 Å². The molecule has 128 valence electrons. The fourth-order valence-electron chi connectivity index (χ4n) is 3.49. The fourth-order valence-corrected chi connectivity index (χ4v) is 6.99. The molecular formula is C17H32O4Si. The van der Waals surface area contributed by atoms with Crippen LogP contribution in [0.25, 0.3) is 0 Å². The highest BCUT2D eigenvalue weighted by Gasteiger charge is 2.35. The summed E-state index contributed by atoms with van der Waals surface area (Å²) in [4.78, 5) is 23.9. The van der Waals surface area contributed by atoms with Crippen LogP contribution in [-0.4, -0.2) is 33.2 Å². The van der Waals surface area contributed by atoms with Gasteiger partial charge in [-0.3, -0.25) is 9.59 Å². The SMILES string of the molecule is CCOC(=O)C(CCC[Si](C)(C)C1CCCC1)C(=O)OCC. The molecule has 0 bridgehead atoms. The van der Waals surface area contributed by atoms with Crippen molar-refractivity contribution in [3.63, 3.8) is 0 Å². The number of carbonyl (C=O) groups excluding carboxylic acids is 2. The Balaban J connectivity index is 2.51. The molecule has 1 aliphatic carbocycles. The Morgan fingerprint density at radius 1 is 1.05 bits per heavy atom. The van der Waals surface area contributed by atoms with Crippen LogP contribution in [0.5, 0.6) is 0 Å². The van der Waals surface area contributed by atoms with Crippen LogP contribution in [0.1, 0.15) is 52.4 Å². The number of hydrogen-bond donors (Lipinski definition) is 0. The van der Waals surface area contributed by atoms with E-state index in [9.17, 15) is 9.59 Å². The molecule has 0 aromatic heterocycles. The summed E-state index contributed by atoms with van der Waals surface area (Å²) >= 11 is 0. The Bertz CT molecular complexity index is 344. The van der Waals surface area contributed by atoms with Gasteiger partial charge in [0.1, 0.15) is 0 Å². The Kier molecular flexibility index (Phi) is 8.14. The van der Waals surface area contributed by atoms with E-state index in [1.165, 1.54) is 31.7 Å². The molecular weight excluding hydrogens is 296 g/mol. The fraction of sp³-hybridized carbons (Fsp3) is 0.882. The lowest BCUT2D eigenvalue weighted by Crippen LogP contribution is -2.32. The smallest absolute Gasteiger partial charge is 0.320 e. The van der Waals surface area contributed by atoms with Crippen molar-refractivity contribution in [3.8, 4) is 0 Å². The molecule has 0 heterocycles. The second kappa shape index (κ2) is 9.33. The molecule has 5 heteroatoms. The van der Waals surface area contributed by atoms with Gasteiger partial charge in [0.25, 0.3) is 0 Å². The quantitative estimate of drug-likeness (QED) is 0.362. The second-order valence-electron chi connectivity index (χ2n) is 6.92. The van der Waals surface area contributed by atoms with Gasteiger partial charge in [0.15, 0.2) is 5.92 Å². The molecule has 1 rings (SSSR count). The lowest BCUT2D eigenvalue weighted by Gasteiger charge is -2.30. The molecule has 0 unspecified atom stereocenters. The first-order valence-corrected chi connectivity index (χ1v) is 12.0. The summed E-state index contributed by atoms with van der Waals surface area (Å²) in [6, 6.07) is 1.17. The predicted molar refractivity (Wildman–Crippen MR) is 90.5 cm³/mol. The average molecular weight is 329 g/mol. The summed E-state index contributed by atoms with van der Waals surface area (Å²) in [5.41, 5.74) is 0.913. The standard InChI is InChI=1S/C17H32O4Si/c1-5-20-16(18)15(17(19)21-6-2)12-9-13-22(3,4)14-10-7-8-11-14/h14-15H,5-13H2,1-4H3. The maximum Gasteiger partial charge on any atom is 0.320 e. The van der Waals surface area contributed by atoms with Crippen LogP contribution >= 0.6 is 0 Å². The van der Waals surface area contributed by atoms with E-state index in [0.717, 1.165) is 12.0 Å². The number of rotatable bonds is 9. The molecule has 0 saturated heterocycles. The molecule has 0 aromatic carbocycles. The zero-order chi connectivity index (χ0) is 16.6. The van der Waals surface area contributed by atoms with Crippen molar-refractivity contribution >= 4 is 20.0 Å². The van der Waals surface area contributed by atoms with Gasteiger partial charge in [0.2, 0.25) is 0 Å². The van der Waals surface area contributed by atoms with Crippen LogP contribution in [0.2, 0.25) is 24.7 Å². The first kappa shape index (κ1) is 19.2. The van der Waals surface area contributed by atoms with Crippen molar-refractivity contribution in [1.29, 1.82) is 0 Å². The van der Waals surface area contributed by atoms with Gasteiger partial charge < -0.3 is 9.47 Å². The van der Waals surface area contributed by atoms with Gasteiger partial charge >= 0.3 is 11.9 Å². The van der Waals surface area contributed by atoms with E-state index >= 15 is 0 Å². The summed E-state index contributed by atoms with van der Waals surface area (Å²) < 4.78 is 10.1. The summed E-state index contributed by atoms with van der Waals surface area (Å²) in [6.07, 6.45) is 6.96. The highest BCUT2D eigenvalue weighted by Crippen LogP contribution is 2.41. The number of carbonyl (C=O) groups is 2. The average Bonchev–Trinajstić information content (AvgIpc) is 2.99. The highest BCUT2D eigenvalue weighted by atomic mass is 28.3. The van der Waals surface area contributed by atoms with E-state index in [-0.39, 0.29) is 0 Å². The van der Waals surface area contributed by atoms with Crippen molar-refractivity contribution in [2.45, 2.75) is 77.1 Å². The Hall–Kier alpha value is -0.843. The number of hydrogen-bond acceptors (Lipinski definition) is 4. The van der Waals surface area contributed by atoms with E-state index < -0.39 is 25.9 Å². The second-order valence-corrected chi connectivity index (χ2v) is 12.2.